The standard InChI is InChI=1S/C14H10BrN3/c15-12-6-13(14(16)18-8-12)10-1-2-11-7-17-4-3-9(11)5-10/h1-8H,(H2,16,18). The molecule has 0 spiro atoms. The molecule has 0 aliphatic heterocycles. The van der Waals surface area contributed by atoms with Gasteiger partial charge in [-0.1, -0.05) is 12.1 Å². The van der Waals surface area contributed by atoms with Gasteiger partial charge in [-0.25, -0.2) is 4.98 Å². The van der Waals surface area contributed by atoms with Crippen LogP contribution in [0, 0.1) is 0 Å². The van der Waals surface area contributed by atoms with E-state index >= 15 is 0 Å². The van der Waals surface area contributed by atoms with Gasteiger partial charge in [0.2, 0.25) is 0 Å². The van der Waals surface area contributed by atoms with Crippen LogP contribution in [0.15, 0.2) is 53.4 Å². The molecule has 2 aromatic heterocycles. The number of nitrogens with zero attached hydrogens (tertiary/aromatic N) is 2. The second-order valence-corrected chi connectivity index (χ2v) is 4.94. The Balaban J connectivity index is 2.22. The Bertz CT molecular complexity index is 725. The summed E-state index contributed by atoms with van der Waals surface area (Å²) in [6.07, 6.45) is 5.33. The fourth-order valence-corrected chi connectivity index (χ4v) is 2.26. The fraction of sp³-hybridized carbons (Fsp3) is 0. The first-order valence-electron chi connectivity index (χ1n) is 5.49. The molecule has 18 heavy (non-hydrogen) atoms. The van der Waals surface area contributed by atoms with E-state index in [4.69, 9.17) is 5.73 Å². The first kappa shape index (κ1) is 11.2. The predicted octanol–water partition coefficient (Wildman–Crippen LogP) is 3.64. The van der Waals surface area contributed by atoms with Crippen LogP contribution in [0.2, 0.25) is 0 Å². The lowest BCUT2D eigenvalue weighted by molar-refractivity contribution is 1.32. The third-order valence-electron chi connectivity index (χ3n) is 2.84. The summed E-state index contributed by atoms with van der Waals surface area (Å²) >= 11 is 3.42. The minimum absolute atomic E-state index is 0.534. The number of pyridine rings is 2. The van der Waals surface area contributed by atoms with Crippen molar-refractivity contribution in [3.8, 4) is 11.1 Å². The summed E-state index contributed by atoms with van der Waals surface area (Å²) in [4.78, 5) is 8.26. The minimum Gasteiger partial charge on any atom is -0.383 e. The number of anilines is 1. The number of nitrogens with two attached hydrogens (primary N) is 1. The SMILES string of the molecule is Nc1ncc(Br)cc1-c1ccc2cnccc2c1. The van der Waals surface area contributed by atoms with Gasteiger partial charge in [-0.15, -0.1) is 0 Å². The first-order valence-corrected chi connectivity index (χ1v) is 6.28. The van der Waals surface area contributed by atoms with Gasteiger partial charge >= 0.3 is 0 Å². The number of rotatable bonds is 1. The summed E-state index contributed by atoms with van der Waals surface area (Å²) in [6, 6.07) is 10.1. The Kier molecular flexibility index (Phi) is 2.72. The maximum absolute atomic E-state index is 5.92. The van der Waals surface area contributed by atoms with E-state index < -0.39 is 0 Å². The molecule has 0 radical (unpaired) electrons. The quantitative estimate of drug-likeness (QED) is 0.746. The molecular weight excluding hydrogens is 290 g/mol. The zero-order valence-corrected chi connectivity index (χ0v) is 11.1. The zero-order valence-electron chi connectivity index (χ0n) is 9.47. The normalized spacial score (nSPS) is 10.7. The van der Waals surface area contributed by atoms with Crippen LogP contribution in [0.3, 0.4) is 0 Å². The minimum atomic E-state index is 0.534. The van der Waals surface area contributed by atoms with Crippen LogP contribution >= 0.6 is 15.9 Å². The Morgan fingerprint density at radius 3 is 2.78 bits per heavy atom. The van der Waals surface area contributed by atoms with E-state index in [9.17, 15) is 0 Å². The Hall–Kier alpha value is -1.94. The third-order valence-corrected chi connectivity index (χ3v) is 3.27. The average Bonchev–Trinajstić information content (AvgIpc) is 2.41. The van der Waals surface area contributed by atoms with Crippen LogP contribution in [0.25, 0.3) is 21.9 Å². The largest absolute Gasteiger partial charge is 0.383 e. The number of halogens is 1. The molecular formula is C14H10BrN3. The van der Waals surface area contributed by atoms with Gasteiger partial charge in [0, 0.05) is 34.0 Å². The Morgan fingerprint density at radius 1 is 1.00 bits per heavy atom. The Morgan fingerprint density at radius 2 is 1.89 bits per heavy atom. The second kappa shape index (κ2) is 4.38. The number of nitrogen functional groups attached to an aromatic ring is 1. The molecule has 0 bridgehead atoms. The van der Waals surface area contributed by atoms with Crippen molar-refractivity contribution >= 4 is 32.5 Å². The number of hydrogen-bond acceptors (Lipinski definition) is 3. The van der Waals surface area contributed by atoms with Crippen molar-refractivity contribution in [2.24, 2.45) is 0 Å². The van der Waals surface area contributed by atoms with E-state index in [1.165, 1.54) is 0 Å². The highest BCUT2D eigenvalue weighted by molar-refractivity contribution is 9.10. The lowest BCUT2D eigenvalue weighted by Crippen LogP contribution is -1.93. The molecule has 0 saturated carbocycles. The summed E-state index contributed by atoms with van der Waals surface area (Å²) < 4.78 is 0.918. The van der Waals surface area contributed by atoms with Gasteiger partial charge in [0.15, 0.2) is 0 Å². The van der Waals surface area contributed by atoms with E-state index in [1.54, 1.807) is 12.4 Å². The van der Waals surface area contributed by atoms with E-state index in [2.05, 4.69) is 32.0 Å². The molecule has 0 unspecified atom stereocenters. The summed E-state index contributed by atoms with van der Waals surface area (Å²) in [5.41, 5.74) is 7.91. The molecule has 4 heteroatoms. The van der Waals surface area contributed by atoms with Crippen molar-refractivity contribution in [1.82, 2.24) is 9.97 Å². The van der Waals surface area contributed by atoms with Gasteiger partial charge in [0.25, 0.3) is 0 Å². The van der Waals surface area contributed by atoms with Crippen molar-refractivity contribution in [2.45, 2.75) is 0 Å². The second-order valence-electron chi connectivity index (χ2n) is 4.02. The van der Waals surface area contributed by atoms with Crippen LogP contribution < -0.4 is 5.73 Å². The van der Waals surface area contributed by atoms with Gasteiger partial charge in [0.05, 0.1) is 0 Å². The van der Waals surface area contributed by atoms with Gasteiger partial charge in [-0.3, -0.25) is 4.98 Å². The van der Waals surface area contributed by atoms with E-state index in [0.29, 0.717) is 5.82 Å². The lowest BCUT2D eigenvalue weighted by atomic mass is 10.0. The predicted molar refractivity (Wildman–Crippen MR) is 77.1 cm³/mol. The van der Waals surface area contributed by atoms with E-state index in [-0.39, 0.29) is 0 Å². The first-order chi connectivity index (χ1) is 8.74. The average molecular weight is 300 g/mol. The van der Waals surface area contributed by atoms with Crippen LogP contribution in [-0.2, 0) is 0 Å². The lowest BCUT2D eigenvalue weighted by Gasteiger charge is -2.07. The fourth-order valence-electron chi connectivity index (χ4n) is 1.93. The highest BCUT2D eigenvalue weighted by Gasteiger charge is 2.05. The summed E-state index contributed by atoms with van der Waals surface area (Å²) in [6.45, 7) is 0. The molecule has 0 fully saturated rings. The summed E-state index contributed by atoms with van der Waals surface area (Å²) in [5, 5.41) is 2.25. The highest BCUT2D eigenvalue weighted by Crippen LogP contribution is 2.29. The molecule has 0 aliphatic carbocycles. The third kappa shape index (κ3) is 1.95. The van der Waals surface area contributed by atoms with Crippen molar-refractivity contribution < 1.29 is 0 Å². The van der Waals surface area contributed by atoms with Crippen molar-refractivity contribution in [1.29, 1.82) is 0 Å². The van der Waals surface area contributed by atoms with Crippen molar-refractivity contribution in [3.05, 3.63) is 53.4 Å². The maximum Gasteiger partial charge on any atom is 0.131 e. The van der Waals surface area contributed by atoms with Gasteiger partial charge in [0.1, 0.15) is 5.82 Å². The molecule has 0 aliphatic rings. The topological polar surface area (TPSA) is 51.8 Å². The molecule has 0 atom stereocenters. The molecule has 2 N–H and O–H groups in total. The maximum atomic E-state index is 5.92. The van der Waals surface area contributed by atoms with E-state index in [0.717, 1.165) is 26.4 Å². The molecule has 2 heterocycles. The van der Waals surface area contributed by atoms with E-state index in [1.807, 2.05) is 30.5 Å². The number of hydrogen-bond donors (Lipinski definition) is 1. The highest BCUT2D eigenvalue weighted by atomic mass is 79.9. The zero-order chi connectivity index (χ0) is 12.5. The summed E-state index contributed by atoms with van der Waals surface area (Å²) in [7, 11) is 0. The number of aromatic nitrogens is 2. The van der Waals surface area contributed by atoms with Crippen LogP contribution in [0.5, 0.6) is 0 Å². The molecule has 0 saturated heterocycles. The number of benzene rings is 1. The molecule has 88 valence electrons. The van der Waals surface area contributed by atoms with Crippen molar-refractivity contribution in [2.75, 3.05) is 5.73 Å². The molecule has 3 rings (SSSR count). The molecule has 0 amide bonds. The summed E-state index contributed by atoms with van der Waals surface area (Å²) in [5.74, 6) is 0.534. The monoisotopic (exact) mass is 299 g/mol. The van der Waals surface area contributed by atoms with Gasteiger partial charge in [-0.2, -0.15) is 0 Å². The van der Waals surface area contributed by atoms with Crippen LogP contribution in [-0.4, -0.2) is 9.97 Å². The molecule has 3 nitrogen and oxygen atoms in total. The molecule has 3 aromatic rings. The van der Waals surface area contributed by atoms with Crippen LogP contribution in [0.1, 0.15) is 0 Å². The molecule has 1 aromatic carbocycles. The van der Waals surface area contributed by atoms with Crippen molar-refractivity contribution in [3.63, 3.8) is 0 Å². The van der Waals surface area contributed by atoms with Gasteiger partial charge < -0.3 is 5.73 Å². The van der Waals surface area contributed by atoms with Gasteiger partial charge in [-0.05, 0) is 45.1 Å². The smallest absolute Gasteiger partial charge is 0.131 e. The Labute approximate surface area is 113 Å². The number of fused-ring (bicyclic) bond motifs is 1. The van der Waals surface area contributed by atoms with Crippen LogP contribution in [0.4, 0.5) is 5.82 Å².